The maximum atomic E-state index is 9.06. The second-order valence-corrected chi connectivity index (χ2v) is 4.45. The van der Waals surface area contributed by atoms with Gasteiger partial charge in [-0.15, -0.1) is 5.10 Å². The zero-order valence-corrected chi connectivity index (χ0v) is 10.9. The first kappa shape index (κ1) is 12.3. The van der Waals surface area contributed by atoms with Crippen LogP contribution in [-0.2, 0) is 6.42 Å². The van der Waals surface area contributed by atoms with Crippen LogP contribution in [0.3, 0.4) is 0 Å². The molecule has 0 aliphatic rings. The van der Waals surface area contributed by atoms with Gasteiger partial charge in [0.1, 0.15) is 6.07 Å². The monoisotopic (exact) mass is 240 g/mol. The lowest BCUT2D eigenvalue weighted by atomic mass is 10.1. The van der Waals surface area contributed by atoms with Crippen molar-refractivity contribution in [1.82, 2.24) is 15.0 Å². The molecule has 92 valence electrons. The van der Waals surface area contributed by atoms with E-state index >= 15 is 0 Å². The summed E-state index contributed by atoms with van der Waals surface area (Å²) < 4.78 is 1.80. The van der Waals surface area contributed by atoms with Gasteiger partial charge in [0.25, 0.3) is 0 Å². The highest BCUT2D eigenvalue weighted by Gasteiger charge is 2.14. The molecule has 4 nitrogen and oxygen atoms in total. The van der Waals surface area contributed by atoms with E-state index in [9.17, 15) is 0 Å². The van der Waals surface area contributed by atoms with Gasteiger partial charge in [0.15, 0.2) is 5.69 Å². The molecule has 0 radical (unpaired) electrons. The van der Waals surface area contributed by atoms with Crippen LogP contribution in [0.2, 0.25) is 0 Å². The first-order valence-electron chi connectivity index (χ1n) is 6.09. The molecule has 0 aliphatic heterocycles. The van der Waals surface area contributed by atoms with Gasteiger partial charge in [-0.3, -0.25) is 0 Å². The first-order valence-corrected chi connectivity index (χ1v) is 6.09. The molecular weight excluding hydrogens is 224 g/mol. The summed E-state index contributed by atoms with van der Waals surface area (Å²) in [5, 5.41) is 17.1. The molecule has 0 atom stereocenters. The number of aryl methyl sites for hydroxylation is 2. The van der Waals surface area contributed by atoms with E-state index in [4.69, 9.17) is 5.26 Å². The molecule has 1 heterocycles. The van der Waals surface area contributed by atoms with Crippen molar-refractivity contribution in [2.45, 2.75) is 33.6 Å². The Hall–Kier alpha value is -2.15. The molecule has 2 aromatic rings. The van der Waals surface area contributed by atoms with Gasteiger partial charge in [0.2, 0.25) is 0 Å². The third-order valence-corrected chi connectivity index (χ3v) is 2.95. The van der Waals surface area contributed by atoms with Crippen LogP contribution >= 0.6 is 0 Å². The topological polar surface area (TPSA) is 54.5 Å². The fourth-order valence-corrected chi connectivity index (χ4v) is 1.99. The van der Waals surface area contributed by atoms with Gasteiger partial charge < -0.3 is 0 Å². The third-order valence-electron chi connectivity index (χ3n) is 2.95. The lowest BCUT2D eigenvalue weighted by molar-refractivity contribution is 0.741. The van der Waals surface area contributed by atoms with Gasteiger partial charge in [-0.05, 0) is 37.5 Å². The fourth-order valence-electron chi connectivity index (χ4n) is 1.99. The van der Waals surface area contributed by atoms with E-state index in [-0.39, 0.29) is 0 Å². The molecule has 0 N–H and O–H groups in total. The minimum absolute atomic E-state index is 0.428. The van der Waals surface area contributed by atoms with Gasteiger partial charge in [-0.2, -0.15) is 5.26 Å². The van der Waals surface area contributed by atoms with E-state index in [0.29, 0.717) is 5.69 Å². The van der Waals surface area contributed by atoms with Crippen LogP contribution in [-0.4, -0.2) is 15.0 Å². The Labute approximate surface area is 107 Å². The van der Waals surface area contributed by atoms with E-state index in [1.54, 1.807) is 4.68 Å². The number of nitriles is 1. The standard InChI is InChI=1S/C14H16N4/c1-4-5-13-12(9-15)16-17-18(13)14-8-10(2)6-7-11(14)3/h6-8H,4-5H2,1-3H3. The lowest BCUT2D eigenvalue weighted by Gasteiger charge is -2.09. The number of hydrogen-bond acceptors (Lipinski definition) is 3. The zero-order valence-electron chi connectivity index (χ0n) is 10.9. The van der Waals surface area contributed by atoms with Gasteiger partial charge in [-0.1, -0.05) is 30.7 Å². The Morgan fingerprint density at radius 2 is 2.11 bits per heavy atom. The molecule has 4 heteroatoms. The normalized spacial score (nSPS) is 10.3. The fraction of sp³-hybridized carbons (Fsp3) is 0.357. The molecule has 0 fully saturated rings. The average Bonchev–Trinajstić information content (AvgIpc) is 2.76. The molecule has 1 aromatic heterocycles. The number of nitrogens with zero attached hydrogens (tertiary/aromatic N) is 4. The number of benzene rings is 1. The predicted molar refractivity (Wildman–Crippen MR) is 69.5 cm³/mol. The smallest absolute Gasteiger partial charge is 0.186 e. The van der Waals surface area contributed by atoms with Crippen LogP contribution in [0.15, 0.2) is 18.2 Å². The highest BCUT2D eigenvalue weighted by molar-refractivity contribution is 5.44. The summed E-state index contributed by atoms with van der Waals surface area (Å²) in [7, 11) is 0. The molecule has 0 bridgehead atoms. The summed E-state index contributed by atoms with van der Waals surface area (Å²) >= 11 is 0. The average molecular weight is 240 g/mol. The minimum atomic E-state index is 0.428. The van der Waals surface area contributed by atoms with Crippen molar-refractivity contribution < 1.29 is 0 Å². The largest absolute Gasteiger partial charge is 0.216 e. The summed E-state index contributed by atoms with van der Waals surface area (Å²) in [6.07, 6.45) is 1.77. The van der Waals surface area contributed by atoms with Crippen molar-refractivity contribution in [2.75, 3.05) is 0 Å². The van der Waals surface area contributed by atoms with Crippen LogP contribution in [0.5, 0.6) is 0 Å². The molecule has 0 unspecified atom stereocenters. The molecular formula is C14H16N4. The molecule has 18 heavy (non-hydrogen) atoms. The molecule has 0 aliphatic carbocycles. The number of rotatable bonds is 3. The van der Waals surface area contributed by atoms with Crippen LogP contribution in [0, 0.1) is 25.2 Å². The molecule has 0 saturated heterocycles. The van der Waals surface area contributed by atoms with Crippen molar-refractivity contribution in [3.05, 3.63) is 40.7 Å². The van der Waals surface area contributed by atoms with Crippen molar-refractivity contribution in [3.63, 3.8) is 0 Å². The van der Waals surface area contributed by atoms with Gasteiger partial charge in [-0.25, -0.2) is 4.68 Å². The highest BCUT2D eigenvalue weighted by Crippen LogP contribution is 2.19. The lowest BCUT2D eigenvalue weighted by Crippen LogP contribution is -2.05. The van der Waals surface area contributed by atoms with Crippen molar-refractivity contribution in [2.24, 2.45) is 0 Å². The highest BCUT2D eigenvalue weighted by atomic mass is 15.4. The Kier molecular flexibility index (Phi) is 3.42. The van der Waals surface area contributed by atoms with Crippen molar-refractivity contribution >= 4 is 0 Å². The number of hydrogen-bond donors (Lipinski definition) is 0. The van der Waals surface area contributed by atoms with Crippen LogP contribution in [0.25, 0.3) is 5.69 Å². The van der Waals surface area contributed by atoms with Crippen LogP contribution in [0.1, 0.15) is 35.9 Å². The van der Waals surface area contributed by atoms with Crippen molar-refractivity contribution in [3.8, 4) is 11.8 Å². The summed E-state index contributed by atoms with van der Waals surface area (Å²) in [4.78, 5) is 0. The van der Waals surface area contributed by atoms with E-state index in [1.165, 1.54) is 5.56 Å². The SMILES string of the molecule is CCCc1c(C#N)nnn1-c1cc(C)ccc1C. The van der Waals surface area contributed by atoms with E-state index in [2.05, 4.69) is 41.5 Å². The van der Waals surface area contributed by atoms with E-state index < -0.39 is 0 Å². The zero-order chi connectivity index (χ0) is 13.1. The van der Waals surface area contributed by atoms with Gasteiger partial charge in [0.05, 0.1) is 11.4 Å². The van der Waals surface area contributed by atoms with E-state index in [1.807, 2.05) is 13.8 Å². The quantitative estimate of drug-likeness (QED) is 0.828. The summed E-state index contributed by atoms with van der Waals surface area (Å²) in [6, 6.07) is 8.32. The summed E-state index contributed by atoms with van der Waals surface area (Å²) in [5.41, 5.74) is 4.64. The Morgan fingerprint density at radius 3 is 2.78 bits per heavy atom. The molecule has 2 rings (SSSR count). The van der Waals surface area contributed by atoms with Gasteiger partial charge in [0, 0.05) is 0 Å². The Balaban J connectivity index is 2.60. The second kappa shape index (κ2) is 5.01. The van der Waals surface area contributed by atoms with Crippen LogP contribution in [0.4, 0.5) is 0 Å². The Morgan fingerprint density at radius 1 is 1.33 bits per heavy atom. The maximum absolute atomic E-state index is 9.06. The van der Waals surface area contributed by atoms with Crippen molar-refractivity contribution in [1.29, 1.82) is 5.26 Å². The summed E-state index contributed by atoms with van der Waals surface area (Å²) in [6.45, 7) is 6.17. The van der Waals surface area contributed by atoms with E-state index in [0.717, 1.165) is 29.8 Å². The molecule has 1 aromatic carbocycles. The third kappa shape index (κ3) is 2.12. The number of aromatic nitrogens is 3. The Bertz CT molecular complexity index is 605. The maximum Gasteiger partial charge on any atom is 0.186 e. The minimum Gasteiger partial charge on any atom is -0.216 e. The predicted octanol–water partition coefficient (Wildman–Crippen LogP) is 2.71. The first-order chi connectivity index (χ1) is 8.67. The molecule has 0 saturated carbocycles. The molecule has 0 amide bonds. The molecule has 0 spiro atoms. The summed E-state index contributed by atoms with van der Waals surface area (Å²) in [5.74, 6) is 0. The van der Waals surface area contributed by atoms with Crippen LogP contribution < -0.4 is 0 Å². The van der Waals surface area contributed by atoms with Gasteiger partial charge >= 0.3 is 0 Å². The second-order valence-electron chi connectivity index (χ2n) is 4.45.